The number of nitrogens with zero attached hydrogens (tertiary/aromatic N) is 3. The Morgan fingerprint density at radius 3 is 2.62 bits per heavy atom. The third-order valence-corrected chi connectivity index (χ3v) is 4.02. The smallest absolute Gasteiger partial charge is 0.543 e. The third-order valence-electron chi connectivity index (χ3n) is 4.02. The van der Waals surface area contributed by atoms with Crippen LogP contribution in [0.25, 0.3) is 0 Å². The summed E-state index contributed by atoms with van der Waals surface area (Å²) in [5, 5.41) is 10.8. The zero-order valence-electron chi connectivity index (χ0n) is 15.9. The monoisotopic (exact) mass is 359 g/mol. The van der Waals surface area contributed by atoms with Gasteiger partial charge in [0.1, 0.15) is 11.3 Å². The van der Waals surface area contributed by atoms with E-state index in [1.165, 1.54) is 6.20 Å². The van der Waals surface area contributed by atoms with E-state index in [0.29, 0.717) is 18.8 Å². The van der Waals surface area contributed by atoms with E-state index in [0.717, 1.165) is 18.9 Å². The van der Waals surface area contributed by atoms with Crippen molar-refractivity contribution in [1.82, 2.24) is 9.88 Å². The summed E-state index contributed by atoms with van der Waals surface area (Å²) in [5.74, 6) is -2.59. The Hall–Kier alpha value is -1.78. The van der Waals surface area contributed by atoms with Gasteiger partial charge in [-0.15, -0.1) is 0 Å². The number of likely N-dealkylation sites (tertiary alicyclic amines) is 1. The van der Waals surface area contributed by atoms with Crippen molar-refractivity contribution in [1.29, 1.82) is 0 Å². The molecule has 2 rings (SSSR count). The molecule has 0 N–H and O–H groups in total. The maximum Gasteiger partial charge on any atom is 1.00 e. The second-order valence-corrected chi connectivity index (χ2v) is 7.14. The van der Waals surface area contributed by atoms with Crippen LogP contribution in [-0.4, -0.2) is 53.7 Å². The van der Waals surface area contributed by atoms with Gasteiger partial charge in [-0.25, -0.2) is 14.2 Å². The molecule has 1 atom stereocenters. The summed E-state index contributed by atoms with van der Waals surface area (Å²) in [6, 6.07) is 1.07. The van der Waals surface area contributed by atoms with Crippen LogP contribution in [0.5, 0.6) is 0 Å². The number of piperidine rings is 1. The predicted molar refractivity (Wildman–Crippen MR) is 87.8 cm³/mol. The number of ether oxygens (including phenoxy) is 1. The molecule has 0 aromatic carbocycles. The van der Waals surface area contributed by atoms with Crippen LogP contribution in [0.3, 0.4) is 0 Å². The number of pyridine rings is 1. The second kappa shape index (κ2) is 8.74. The first-order chi connectivity index (χ1) is 11.6. The molecular formula is C17H23FLiN3O4. The first-order valence-electron chi connectivity index (χ1n) is 8.16. The molecule has 1 saturated heterocycles. The van der Waals surface area contributed by atoms with Crippen molar-refractivity contribution < 1.29 is 42.7 Å². The van der Waals surface area contributed by atoms with Gasteiger partial charge in [-0.2, -0.15) is 0 Å². The summed E-state index contributed by atoms with van der Waals surface area (Å²) in [7, 11) is 1.76. The number of hydrogen-bond donors (Lipinski definition) is 0. The molecule has 0 aliphatic carbocycles. The number of aromatic nitrogens is 1. The Morgan fingerprint density at radius 2 is 2.08 bits per heavy atom. The van der Waals surface area contributed by atoms with E-state index in [1.54, 1.807) is 16.8 Å². The Bertz CT molecular complexity index is 666. The minimum atomic E-state index is -1.65. The van der Waals surface area contributed by atoms with Crippen LogP contribution < -0.4 is 28.9 Å². The second-order valence-electron chi connectivity index (χ2n) is 7.14. The Kier molecular flexibility index (Phi) is 7.48. The van der Waals surface area contributed by atoms with Gasteiger partial charge < -0.3 is 24.4 Å². The number of aromatic carboxylic acids is 1. The minimum Gasteiger partial charge on any atom is -0.543 e. The van der Waals surface area contributed by atoms with E-state index in [4.69, 9.17) is 4.74 Å². The molecule has 1 amide bonds. The molecule has 0 saturated carbocycles. The normalized spacial score (nSPS) is 17.3. The summed E-state index contributed by atoms with van der Waals surface area (Å²) in [5.41, 5.74) is -0.835. The van der Waals surface area contributed by atoms with Gasteiger partial charge in [0.2, 0.25) is 0 Å². The molecule has 1 aromatic rings. The van der Waals surface area contributed by atoms with Crippen molar-refractivity contribution in [2.45, 2.75) is 45.3 Å². The Labute approximate surface area is 164 Å². The first-order valence-corrected chi connectivity index (χ1v) is 8.16. The van der Waals surface area contributed by atoms with Crippen molar-refractivity contribution in [3.05, 3.63) is 23.8 Å². The van der Waals surface area contributed by atoms with Crippen LogP contribution >= 0.6 is 0 Å². The molecule has 9 heteroatoms. The van der Waals surface area contributed by atoms with Gasteiger partial charge in [0.25, 0.3) is 0 Å². The summed E-state index contributed by atoms with van der Waals surface area (Å²) >= 11 is 0. The first kappa shape index (κ1) is 22.3. The average molecular weight is 359 g/mol. The fourth-order valence-corrected chi connectivity index (χ4v) is 2.74. The summed E-state index contributed by atoms with van der Waals surface area (Å²) in [6.45, 7) is 6.48. The average Bonchev–Trinajstić information content (AvgIpc) is 2.52. The fraction of sp³-hybridized carbons (Fsp3) is 0.588. The molecule has 1 fully saturated rings. The molecule has 1 unspecified atom stereocenters. The molecule has 26 heavy (non-hydrogen) atoms. The van der Waals surface area contributed by atoms with Gasteiger partial charge in [-0.3, -0.25) is 0 Å². The number of anilines is 1. The molecule has 1 aliphatic rings. The molecular weight excluding hydrogens is 336 g/mol. The van der Waals surface area contributed by atoms with E-state index in [2.05, 4.69) is 4.98 Å². The number of carbonyl (C=O) groups is 2. The number of amides is 1. The number of hydrogen-bond acceptors (Lipinski definition) is 6. The zero-order chi connectivity index (χ0) is 18.8. The number of carbonyl (C=O) groups excluding carboxylic acids is 2. The molecule has 138 valence electrons. The van der Waals surface area contributed by atoms with E-state index in [9.17, 15) is 19.1 Å². The SMILES string of the molecule is CN(c1cnc(C(=O)[O-])c(F)c1)C1CCCN(C(=O)OC(C)(C)C)C1.[Li+]. The van der Waals surface area contributed by atoms with Gasteiger partial charge in [0, 0.05) is 32.2 Å². The van der Waals surface area contributed by atoms with Crippen LogP contribution in [-0.2, 0) is 4.74 Å². The van der Waals surface area contributed by atoms with Crippen molar-refractivity contribution in [2.24, 2.45) is 0 Å². The Morgan fingerprint density at radius 1 is 1.42 bits per heavy atom. The molecule has 7 nitrogen and oxygen atoms in total. The Balaban J connectivity index is 0.00000338. The summed E-state index contributed by atoms with van der Waals surface area (Å²) in [6.07, 6.45) is 2.53. The van der Waals surface area contributed by atoms with E-state index in [-0.39, 0.29) is 31.0 Å². The topological polar surface area (TPSA) is 85.8 Å². The van der Waals surface area contributed by atoms with E-state index < -0.39 is 23.1 Å². The molecule has 0 radical (unpaired) electrons. The molecule has 1 aromatic heterocycles. The van der Waals surface area contributed by atoms with Crippen molar-refractivity contribution in [3.63, 3.8) is 0 Å². The number of carboxylic acids is 1. The maximum atomic E-state index is 13.8. The van der Waals surface area contributed by atoms with Gasteiger partial charge in [0.15, 0.2) is 5.82 Å². The summed E-state index contributed by atoms with van der Waals surface area (Å²) in [4.78, 5) is 30.0. The zero-order valence-corrected chi connectivity index (χ0v) is 15.9. The maximum absolute atomic E-state index is 13.8. The predicted octanol–water partition coefficient (Wildman–Crippen LogP) is -1.58. The van der Waals surface area contributed by atoms with Crippen LogP contribution in [0.1, 0.15) is 44.1 Å². The van der Waals surface area contributed by atoms with Crippen LogP contribution in [0.2, 0.25) is 0 Å². The van der Waals surface area contributed by atoms with Crippen molar-refractivity contribution in [3.8, 4) is 0 Å². The summed E-state index contributed by atoms with van der Waals surface area (Å²) < 4.78 is 19.2. The van der Waals surface area contributed by atoms with E-state index >= 15 is 0 Å². The number of halogens is 1. The van der Waals surface area contributed by atoms with Crippen molar-refractivity contribution >= 4 is 17.7 Å². The molecule has 0 spiro atoms. The molecule has 2 heterocycles. The number of likely N-dealkylation sites (N-methyl/N-ethyl adjacent to an activating group) is 1. The minimum absolute atomic E-state index is 0. The van der Waals surface area contributed by atoms with Crippen LogP contribution in [0.4, 0.5) is 14.9 Å². The van der Waals surface area contributed by atoms with Crippen LogP contribution in [0.15, 0.2) is 12.3 Å². The molecule has 1 aliphatic heterocycles. The number of carboxylic acid groups (broad SMARTS) is 1. The van der Waals surface area contributed by atoms with Gasteiger partial charge in [0.05, 0.1) is 17.9 Å². The third kappa shape index (κ3) is 5.61. The number of rotatable bonds is 3. The standard InChI is InChI=1S/C17H24FN3O4.Li/c1-17(2,3)25-16(24)21-7-5-6-11(10-21)20(4)12-8-13(18)14(15(22)23)19-9-12;/h8-9,11H,5-7,10H2,1-4H3,(H,22,23);/q;+1/p-1. The van der Waals surface area contributed by atoms with Crippen molar-refractivity contribution in [2.75, 3.05) is 25.0 Å². The molecule has 0 bridgehead atoms. The van der Waals surface area contributed by atoms with Gasteiger partial charge in [-0.05, 0) is 33.6 Å². The quantitative estimate of drug-likeness (QED) is 0.606. The fourth-order valence-electron chi connectivity index (χ4n) is 2.74. The largest absolute Gasteiger partial charge is 1.00 e. The van der Waals surface area contributed by atoms with Crippen LogP contribution in [0, 0.1) is 5.82 Å². The van der Waals surface area contributed by atoms with Gasteiger partial charge in [-0.1, -0.05) is 0 Å². The van der Waals surface area contributed by atoms with E-state index in [1.807, 2.05) is 20.8 Å². The van der Waals surface area contributed by atoms with Gasteiger partial charge >= 0.3 is 25.0 Å².